The minimum atomic E-state index is 0. The van der Waals surface area contributed by atoms with Gasteiger partial charge < -0.3 is 15.4 Å². The third-order valence-corrected chi connectivity index (χ3v) is 3.64. The Morgan fingerprint density at radius 3 is 3.00 bits per heavy atom. The normalized spacial score (nSPS) is 17.9. The fraction of sp³-hybridized carbons (Fsp3) is 0.625. The van der Waals surface area contributed by atoms with Crippen LogP contribution in [0.3, 0.4) is 0 Å². The number of aryl methyl sites for hydroxylation is 1. The molecule has 2 heterocycles. The maximum absolute atomic E-state index is 5.60. The van der Waals surface area contributed by atoms with Crippen LogP contribution in [-0.2, 0) is 11.2 Å². The Labute approximate surface area is 150 Å². The fourth-order valence-electron chi connectivity index (χ4n) is 2.42. The first-order valence-electron chi connectivity index (χ1n) is 7.83. The van der Waals surface area contributed by atoms with Gasteiger partial charge in [-0.05, 0) is 50.3 Å². The number of aliphatic imine (C=N–C) groups is 1. The number of hydrogen-bond acceptors (Lipinski definition) is 3. The molecular formula is C16H27IN4O. The van der Waals surface area contributed by atoms with Crippen LogP contribution in [0.25, 0.3) is 0 Å². The number of guanidine groups is 1. The van der Waals surface area contributed by atoms with E-state index in [4.69, 9.17) is 4.74 Å². The molecule has 1 aliphatic rings. The van der Waals surface area contributed by atoms with Gasteiger partial charge in [-0.3, -0.25) is 9.98 Å². The quantitative estimate of drug-likeness (QED) is 0.423. The van der Waals surface area contributed by atoms with Crippen molar-refractivity contribution >= 4 is 29.9 Å². The smallest absolute Gasteiger partial charge is 0.191 e. The standard InChI is InChI=1S/C16H26N4O.HI/c1-3-18-16(20-12-15-5-4-10-21-15)19-9-7-14-6-8-17-11-13(14)2;/h6,8,11,15H,3-5,7,9-10,12H2,1-2H3,(H2,18,19,20);1H. The SMILES string of the molecule is CCNC(=NCC1CCCO1)NCCc1ccncc1C.I. The summed E-state index contributed by atoms with van der Waals surface area (Å²) in [5, 5.41) is 6.66. The number of pyridine rings is 1. The second-order valence-electron chi connectivity index (χ2n) is 5.33. The van der Waals surface area contributed by atoms with E-state index in [-0.39, 0.29) is 24.0 Å². The minimum Gasteiger partial charge on any atom is -0.376 e. The Bertz CT molecular complexity index is 461. The summed E-state index contributed by atoms with van der Waals surface area (Å²) < 4.78 is 5.60. The molecule has 0 aromatic carbocycles. The number of ether oxygens (including phenoxy) is 1. The van der Waals surface area contributed by atoms with E-state index in [1.54, 1.807) is 0 Å². The number of rotatable bonds is 6. The van der Waals surface area contributed by atoms with Gasteiger partial charge in [0.05, 0.1) is 12.6 Å². The summed E-state index contributed by atoms with van der Waals surface area (Å²) >= 11 is 0. The van der Waals surface area contributed by atoms with Crippen molar-refractivity contribution in [3.63, 3.8) is 0 Å². The molecule has 124 valence electrons. The Kier molecular flexibility index (Phi) is 9.38. The number of nitrogens with zero attached hydrogens (tertiary/aromatic N) is 2. The summed E-state index contributed by atoms with van der Waals surface area (Å²) in [6.07, 6.45) is 7.30. The lowest BCUT2D eigenvalue weighted by Gasteiger charge is -2.13. The zero-order chi connectivity index (χ0) is 14.9. The molecule has 1 aliphatic heterocycles. The molecule has 1 unspecified atom stereocenters. The van der Waals surface area contributed by atoms with E-state index in [0.717, 1.165) is 51.5 Å². The molecule has 1 aromatic rings. The second-order valence-corrected chi connectivity index (χ2v) is 5.33. The molecule has 0 bridgehead atoms. The maximum atomic E-state index is 5.60. The van der Waals surface area contributed by atoms with Crippen LogP contribution in [0.1, 0.15) is 30.9 Å². The van der Waals surface area contributed by atoms with Crippen molar-refractivity contribution < 1.29 is 4.74 Å². The van der Waals surface area contributed by atoms with E-state index >= 15 is 0 Å². The number of hydrogen-bond donors (Lipinski definition) is 2. The highest BCUT2D eigenvalue weighted by Crippen LogP contribution is 2.11. The van der Waals surface area contributed by atoms with Crippen molar-refractivity contribution in [1.82, 2.24) is 15.6 Å². The molecule has 6 heteroatoms. The van der Waals surface area contributed by atoms with Gasteiger partial charge in [0.1, 0.15) is 0 Å². The zero-order valence-corrected chi connectivity index (χ0v) is 15.8. The van der Waals surface area contributed by atoms with Crippen LogP contribution in [0, 0.1) is 6.92 Å². The van der Waals surface area contributed by atoms with E-state index in [1.807, 2.05) is 12.4 Å². The van der Waals surface area contributed by atoms with Crippen molar-refractivity contribution in [2.45, 2.75) is 39.2 Å². The molecule has 1 atom stereocenters. The average Bonchev–Trinajstić information content (AvgIpc) is 3.00. The van der Waals surface area contributed by atoms with Gasteiger partial charge in [0.25, 0.3) is 0 Å². The maximum Gasteiger partial charge on any atom is 0.191 e. The Morgan fingerprint density at radius 2 is 2.32 bits per heavy atom. The lowest BCUT2D eigenvalue weighted by molar-refractivity contribution is 0.117. The van der Waals surface area contributed by atoms with Gasteiger partial charge >= 0.3 is 0 Å². The Balaban J connectivity index is 0.00000242. The number of halogens is 1. The fourth-order valence-corrected chi connectivity index (χ4v) is 2.42. The van der Waals surface area contributed by atoms with E-state index in [1.165, 1.54) is 11.1 Å². The highest BCUT2D eigenvalue weighted by Gasteiger charge is 2.14. The van der Waals surface area contributed by atoms with Crippen LogP contribution >= 0.6 is 24.0 Å². The van der Waals surface area contributed by atoms with Gasteiger partial charge in [0, 0.05) is 32.1 Å². The lowest BCUT2D eigenvalue weighted by Crippen LogP contribution is -2.39. The molecule has 2 rings (SSSR count). The number of aromatic nitrogens is 1. The molecule has 5 nitrogen and oxygen atoms in total. The molecule has 0 amide bonds. The average molecular weight is 418 g/mol. The highest BCUT2D eigenvalue weighted by molar-refractivity contribution is 14.0. The van der Waals surface area contributed by atoms with Crippen molar-refractivity contribution in [3.8, 4) is 0 Å². The van der Waals surface area contributed by atoms with Crippen LogP contribution in [0.4, 0.5) is 0 Å². The van der Waals surface area contributed by atoms with Crippen LogP contribution in [-0.4, -0.2) is 43.3 Å². The van der Waals surface area contributed by atoms with Crippen molar-refractivity contribution in [2.24, 2.45) is 4.99 Å². The van der Waals surface area contributed by atoms with Gasteiger partial charge in [-0.1, -0.05) is 0 Å². The van der Waals surface area contributed by atoms with Crippen LogP contribution in [0.15, 0.2) is 23.5 Å². The molecule has 1 saturated heterocycles. The predicted molar refractivity (Wildman–Crippen MR) is 101 cm³/mol. The lowest BCUT2D eigenvalue weighted by atomic mass is 10.1. The molecular weight excluding hydrogens is 391 g/mol. The molecule has 0 aliphatic carbocycles. The Hall–Kier alpha value is -0.890. The topological polar surface area (TPSA) is 58.5 Å². The van der Waals surface area contributed by atoms with Gasteiger partial charge in [-0.15, -0.1) is 24.0 Å². The number of nitrogens with one attached hydrogen (secondary N) is 2. The molecule has 0 spiro atoms. The molecule has 1 aromatic heterocycles. The first-order chi connectivity index (χ1) is 10.3. The molecule has 1 fully saturated rings. The van der Waals surface area contributed by atoms with Gasteiger partial charge in [0.15, 0.2) is 5.96 Å². The molecule has 22 heavy (non-hydrogen) atoms. The van der Waals surface area contributed by atoms with Crippen molar-refractivity contribution in [2.75, 3.05) is 26.2 Å². The summed E-state index contributed by atoms with van der Waals surface area (Å²) in [6, 6.07) is 2.08. The van der Waals surface area contributed by atoms with E-state index < -0.39 is 0 Å². The van der Waals surface area contributed by atoms with Crippen molar-refractivity contribution in [3.05, 3.63) is 29.6 Å². The third-order valence-electron chi connectivity index (χ3n) is 3.64. The largest absolute Gasteiger partial charge is 0.376 e. The highest BCUT2D eigenvalue weighted by atomic mass is 127. The van der Waals surface area contributed by atoms with Crippen molar-refractivity contribution in [1.29, 1.82) is 0 Å². The minimum absolute atomic E-state index is 0. The van der Waals surface area contributed by atoms with Crippen LogP contribution in [0.2, 0.25) is 0 Å². The molecule has 0 saturated carbocycles. The summed E-state index contributed by atoms with van der Waals surface area (Å²) in [4.78, 5) is 8.73. The van der Waals surface area contributed by atoms with E-state index in [0.29, 0.717) is 6.10 Å². The van der Waals surface area contributed by atoms with E-state index in [9.17, 15) is 0 Å². The van der Waals surface area contributed by atoms with E-state index in [2.05, 4.69) is 40.5 Å². The van der Waals surface area contributed by atoms with Gasteiger partial charge in [0.2, 0.25) is 0 Å². The van der Waals surface area contributed by atoms with Crippen LogP contribution in [0.5, 0.6) is 0 Å². The first-order valence-corrected chi connectivity index (χ1v) is 7.83. The van der Waals surface area contributed by atoms with Gasteiger partial charge in [-0.2, -0.15) is 0 Å². The summed E-state index contributed by atoms with van der Waals surface area (Å²) in [5.41, 5.74) is 2.56. The summed E-state index contributed by atoms with van der Waals surface area (Å²) in [6.45, 7) is 7.53. The Morgan fingerprint density at radius 1 is 1.45 bits per heavy atom. The summed E-state index contributed by atoms with van der Waals surface area (Å²) in [5.74, 6) is 0.875. The van der Waals surface area contributed by atoms with Gasteiger partial charge in [-0.25, -0.2) is 0 Å². The second kappa shape index (κ2) is 10.8. The molecule has 0 radical (unpaired) electrons. The first kappa shape index (κ1) is 19.2. The molecule has 2 N–H and O–H groups in total. The monoisotopic (exact) mass is 418 g/mol. The van der Waals surface area contributed by atoms with Crippen LogP contribution < -0.4 is 10.6 Å². The zero-order valence-electron chi connectivity index (χ0n) is 13.5. The summed E-state index contributed by atoms with van der Waals surface area (Å²) in [7, 11) is 0. The third kappa shape index (κ3) is 6.48. The predicted octanol–water partition coefficient (Wildman–Crippen LogP) is 2.28.